The molecule has 0 spiro atoms. The first-order valence-corrected chi connectivity index (χ1v) is 7.92. The van der Waals surface area contributed by atoms with Gasteiger partial charge in [-0.15, -0.1) is 0 Å². The van der Waals surface area contributed by atoms with Gasteiger partial charge >= 0.3 is 0 Å². The number of aryl methyl sites for hydroxylation is 2. The second-order valence-corrected chi connectivity index (χ2v) is 6.08. The fraction of sp³-hybridized carbons (Fsp3) is 0.444. The lowest BCUT2D eigenvalue weighted by molar-refractivity contribution is -0.114. The van der Waals surface area contributed by atoms with Crippen LogP contribution in [0, 0.1) is 13.8 Å². The summed E-state index contributed by atoms with van der Waals surface area (Å²) in [6, 6.07) is 8.09. The van der Waals surface area contributed by atoms with Crippen molar-refractivity contribution in [3.05, 3.63) is 46.8 Å². The largest absolute Gasteiger partial charge is 0.361 e. The van der Waals surface area contributed by atoms with Gasteiger partial charge in [0.05, 0.1) is 5.69 Å². The fourth-order valence-corrected chi connectivity index (χ4v) is 2.86. The minimum atomic E-state index is -0.0604. The Balaban J connectivity index is 1.99. The summed E-state index contributed by atoms with van der Waals surface area (Å²) in [6.45, 7) is 10.6. The second kappa shape index (κ2) is 7.42. The molecule has 2 rings (SSSR count). The Morgan fingerprint density at radius 3 is 2.65 bits per heavy atom. The molecule has 5 heteroatoms. The molecule has 1 aromatic heterocycles. The van der Waals surface area contributed by atoms with E-state index in [0.717, 1.165) is 29.2 Å². The van der Waals surface area contributed by atoms with Gasteiger partial charge in [-0.1, -0.05) is 24.2 Å². The van der Waals surface area contributed by atoms with Gasteiger partial charge in [0.15, 0.2) is 0 Å². The van der Waals surface area contributed by atoms with E-state index in [4.69, 9.17) is 4.52 Å². The van der Waals surface area contributed by atoms with E-state index in [2.05, 4.69) is 35.7 Å². The maximum absolute atomic E-state index is 11.2. The second-order valence-electron chi connectivity index (χ2n) is 6.08. The first-order valence-electron chi connectivity index (χ1n) is 7.92. The van der Waals surface area contributed by atoms with E-state index in [-0.39, 0.29) is 11.9 Å². The van der Waals surface area contributed by atoms with Crippen molar-refractivity contribution in [2.45, 2.75) is 46.6 Å². The first kappa shape index (κ1) is 17.2. The first-order chi connectivity index (χ1) is 10.9. The zero-order valence-electron chi connectivity index (χ0n) is 14.4. The topological polar surface area (TPSA) is 67.2 Å². The van der Waals surface area contributed by atoms with Crippen LogP contribution >= 0.6 is 0 Å². The standard InChI is InChI=1S/C18H25N3O2/c1-11(18-13(3)21-23-14(18)4)10-19-12(2)16-7-6-8-17(9-16)20-15(5)22/h6-9,11-12,19H,10H2,1-5H3,(H,20,22)/t11-,12+/m0/s1. The molecule has 0 saturated carbocycles. The maximum atomic E-state index is 11.2. The number of hydrogen-bond donors (Lipinski definition) is 2. The molecule has 0 fully saturated rings. The Morgan fingerprint density at radius 2 is 2.04 bits per heavy atom. The third kappa shape index (κ3) is 4.42. The third-order valence-electron chi connectivity index (χ3n) is 4.02. The van der Waals surface area contributed by atoms with Crippen molar-refractivity contribution in [1.29, 1.82) is 0 Å². The average molecular weight is 315 g/mol. The normalized spacial score (nSPS) is 13.6. The Labute approximate surface area is 137 Å². The molecule has 1 aromatic carbocycles. The van der Waals surface area contributed by atoms with Crippen LogP contribution < -0.4 is 10.6 Å². The number of amides is 1. The minimum absolute atomic E-state index is 0.0604. The van der Waals surface area contributed by atoms with Crippen LogP contribution in [0.5, 0.6) is 0 Å². The number of rotatable bonds is 6. The minimum Gasteiger partial charge on any atom is -0.361 e. The molecule has 1 heterocycles. The van der Waals surface area contributed by atoms with Gasteiger partial charge < -0.3 is 15.2 Å². The number of anilines is 1. The van der Waals surface area contributed by atoms with E-state index in [1.807, 2.05) is 32.0 Å². The van der Waals surface area contributed by atoms with E-state index in [9.17, 15) is 4.79 Å². The number of carbonyl (C=O) groups is 1. The van der Waals surface area contributed by atoms with Crippen LogP contribution in [0.2, 0.25) is 0 Å². The summed E-state index contributed by atoms with van der Waals surface area (Å²) < 4.78 is 5.24. The van der Waals surface area contributed by atoms with E-state index in [1.54, 1.807) is 0 Å². The lowest BCUT2D eigenvalue weighted by atomic mass is 9.98. The van der Waals surface area contributed by atoms with Crippen LogP contribution in [-0.4, -0.2) is 17.6 Å². The van der Waals surface area contributed by atoms with Gasteiger partial charge in [0.2, 0.25) is 5.91 Å². The molecule has 0 unspecified atom stereocenters. The quantitative estimate of drug-likeness (QED) is 0.853. The molecule has 124 valence electrons. The van der Waals surface area contributed by atoms with Crippen LogP contribution in [0.15, 0.2) is 28.8 Å². The van der Waals surface area contributed by atoms with Gasteiger partial charge in [-0.2, -0.15) is 0 Å². The number of benzene rings is 1. The van der Waals surface area contributed by atoms with E-state index in [1.165, 1.54) is 12.5 Å². The molecule has 0 aliphatic rings. The van der Waals surface area contributed by atoms with Crippen molar-refractivity contribution in [2.75, 3.05) is 11.9 Å². The third-order valence-corrected chi connectivity index (χ3v) is 4.02. The van der Waals surface area contributed by atoms with Gasteiger partial charge in [-0.05, 0) is 44.4 Å². The van der Waals surface area contributed by atoms with Crippen molar-refractivity contribution >= 4 is 11.6 Å². The van der Waals surface area contributed by atoms with Gasteiger partial charge in [-0.25, -0.2) is 0 Å². The molecule has 5 nitrogen and oxygen atoms in total. The number of aromatic nitrogens is 1. The van der Waals surface area contributed by atoms with Crippen LogP contribution in [0.25, 0.3) is 0 Å². The van der Waals surface area contributed by atoms with Crippen LogP contribution in [-0.2, 0) is 4.79 Å². The van der Waals surface area contributed by atoms with Crippen LogP contribution in [0.1, 0.15) is 55.3 Å². The Hall–Kier alpha value is -2.14. The van der Waals surface area contributed by atoms with Crippen molar-refractivity contribution in [3.8, 4) is 0 Å². The molecule has 2 aromatic rings. The number of carbonyl (C=O) groups excluding carboxylic acids is 1. The molecule has 0 radical (unpaired) electrons. The summed E-state index contributed by atoms with van der Waals surface area (Å²) in [5.41, 5.74) is 4.10. The molecule has 0 aliphatic carbocycles. The SMILES string of the molecule is CC(=O)Nc1cccc([C@@H](C)NC[C@H](C)c2c(C)noc2C)c1. The van der Waals surface area contributed by atoms with Crippen molar-refractivity contribution < 1.29 is 9.32 Å². The van der Waals surface area contributed by atoms with Gasteiger partial charge in [0.25, 0.3) is 0 Å². The van der Waals surface area contributed by atoms with Crippen LogP contribution in [0.3, 0.4) is 0 Å². The monoisotopic (exact) mass is 315 g/mol. The highest BCUT2D eigenvalue weighted by molar-refractivity contribution is 5.88. The molecule has 23 heavy (non-hydrogen) atoms. The predicted octanol–water partition coefficient (Wildman–Crippen LogP) is 3.70. The highest BCUT2D eigenvalue weighted by Gasteiger charge is 2.17. The lowest BCUT2D eigenvalue weighted by Crippen LogP contribution is -2.24. The molecule has 2 N–H and O–H groups in total. The molecule has 0 saturated heterocycles. The molecule has 0 aliphatic heterocycles. The molecular formula is C18H25N3O2. The van der Waals surface area contributed by atoms with Crippen molar-refractivity contribution in [3.63, 3.8) is 0 Å². The molecular weight excluding hydrogens is 290 g/mol. The Bertz CT molecular complexity index is 659. The summed E-state index contributed by atoms with van der Waals surface area (Å²) >= 11 is 0. The lowest BCUT2D eigenvalue weighted by Gasteiger charge is -2.19. The molecule has 1 amide bonds. The summed E-state index contributed by atoms with van der Waals surface area (Å²) in [5.74, 6) is 1.15. The Kier molecular flexibility index (Phi) is 5.55. The molecule has 2 atom stereocenters. The average Bonchev–Trinajstić information content (AvgIpc) is 2.83. The van der Waals surface area contributed by atoms with Gasteiger partial charge in [0.1, 0.15) is 5.76 Å². The highest BCUT2D eigenvalue weighted by atomic mass is 16.5. The van der Waals surface area contributed by atoms with Crippen LogP contribution in [0.4, 0.5) is 5.69 Å². The predicted molar refractivity (Wildman–Crippen MR) is 91.6 cm³/mol. The number of nitrogens with one attached hydrogen (secondary N) is 2. The van der Waals surface area contributed by atoms with Gasteiger partial charge in [0, 0.05) is 30.8 Å². The summed E-state index contributed by atoms with van der Waals surface area (Å²) in [4.78, 5) is 11.2. The summed E-state index contributed by atoms with van der Waals surface area (Å²) in [5, 5.41) is 10.4. The fourth-order valence-electron chi connectivity index (χ4n) is 2.86. The summed E-state index contributed by atoms with van der Waals surface area (Å²) in [6.07, 6.45) is 0. The smallest absolute Gasteiger partial charge is 0.221 e. The highest BCUT2D eigenvalue weighted by Crippen LogP contribution is 2.24. The van der Waals surface area contributed by atoms with Gasteiger partial charge in [-0.3, -0.25) is 4.79 Å². The van der Waals surface area contributed by atoms with Crippen molar-refractivity contribution in [1.82, 2.24) is 10.5 Å². The molecule has 0 bridgehead atoms. The Morgan fingerprint density at radius 1 is 1.30 bits per heavy atom. The number of hydrogen-bond acceptors (Lipinski definition) is 4. The van der Waals surface area contributed by atoms with E-state index < -0.39 is 0 Å². The van der Waals surface area contributed by atoms with E-state index >= 15 is 0 Å². The van der Waals surface area contributed by atoms with E-state index in [0.29, 0.717) is 5.92 Å². The van der Waals surface area contributed by atoms with Crippen molar-refractivity contribution in [2.24, 2.45) is 0 Å². The zero-order valence-corrected chi connectivity index (χ0v) is 14.4. The number of nitrogens with zero attached hydrogens (tertiary/aromatic N) is 1. The maximum Gasteiger partial charge on any atom is 0.221 e. The zero-order chi connectivity index (χ0) is 17.0. The summed E-state index contributed by atoms with van der Waals surface area (Å²) in [7, 11) is 0.